The van der Waals surface area contributed by atoms with E-state index in [0.29, 0.717) is 18.8 Å². The predicted octanol–water partition coefficient (Wildman–Crippen LogP) is 2.63. The molecule has 0 unspecified atom stereocenters. The molecule has 2 aromatic rings. The fourth-order valence-electron chi connectivity index (χ4n) is 2.35. The van der Waals surface area contributed by atoms with Gasteiger partial charge in [-0.25, -0.2) is 0 Å². The van der Waals surface area contributed by atoms with Crippen LogP contribution in [0.2, 0.25) is 0 Å². The summed E-state index contributed by atoms with van der Waals surface area (Å²) in [5.41, 5.74) is 7.02. The van der Waals surface area contributed by atoms with Crippen molar-refractivity contribution < 1.29 is 4.74 Å². The Morgan fingerprint density at radius 2 is 1.87 bits per heavy atom. The van der Waals surface area contributed by atoms with Gasteiger partial charge in [0.25, 0.3) is 10.9 Å². The van der Waals surface area contributed by atoms with Crippen molar-refractivity contribution in [2.45, 2.75) is 33.6 Å². The molecule has 2 rings (SSSR count). The first-order chi connectivity index (χ1) is 11.1. The fourth-order valence-corrected chi connectivity index (χ4v) is 2.35. The zero-order valence-electron chi connectivity index (χ0n) is 14.4. The topological polar surface area (TPSA) is 72.6 Å². The Morgan fingerprint density at radius 3 is 2.43 bits per heavy atom. The number of aryl methyl sites for hydroxylation is 1. The number of benzene rings is 1. The molecule has 0 radical (unpaired) electrons. The Balaban J connectivity index is 0.00000127. The summed E-state index contributed by atoms with van der Waals surface area (Å²) in [4.78, 5) is 25.0. The molecule has 0 atom stereocenters. The normalized spacial score (nSPS) is 10.3. The lowest BCUT2D eigenvalue weighted by Crippen LogP contribution is -2.41. The number of nitrogen functional groups attached to an aromatic ring is 1. The van der Waals surface area contributed by atoms with Crippen molar-refractivity contribution in [3.05, 3.63) is 50.3 Å². The summed E-state index contributed by atoms with van der Waals surface area (Å²) in [6.45, 7) is 7.23. The van der Waals surface area contributed by atoms with Crippen LogP contribution < -0.4 is 21.5 Å². The van der Waals surface area contributed by atoms with Crippen LogP contribution in [0.1, 0.15) is 32.8 Å². The minimum absolute atomic E-state index is 0.0549. The summed E-state index contributed by atoms with van der Waals surface area (Å²) in [6.07, 6.45) is 1.65. The Morgan fingerprint density at radius 1 is 1.17 bits per heavy atom. The van der Waals surface area contributed by atoms with E-state index < -0.39 is 10.9 Å². The van der Waals surface area contributed by atoms with Crippen LogP contribution in [0.5, 0.6) is 0 Å². The summed E-state index contributed by atoms with van der Waals surface area (Å²) >= 11 is 0. The SMILES string of the molecule is CC.CCc1cccc(N(CCCOC)c2c(N)c(=O)c2=O)c1. The molecule has 0 saturated carbocycles. The summed E-state index contributed by atoms with van der Waals surface area (Å²) in [5.74, 6) is 0. The van der Waals surface area contributed by atoms with Crippen molar-refractivity contribution >= 4 is 17.1 Å². The van der Waals surface area contributed by atoms with E-state index in [0.717, 1.165) is 18.5 Å². The highest BCUT2D eigenvalue weighted by Crippen LogP contribution is 2.27. The van der Waals surface area contributed by atoms with Crippen LogP contribution in [-0.4, -0.2) is 20.3 Å². The average molecular weight is 318 g/mol. The van der Waals surface area contributed by atoms with Gasteiger partial charge in [-0.1, -0.05) is 32.9 Å². The summed E-state index contributed by atoms with van der Waals surface area (Å²) in [6, 6.07) is 7.91. The second kappa shape index (κ2) is 9.10. The van der Waals surface area contributed by atoms with Gasteiger partial charge in [0.15, 0.2) is 0 Å². The summed E-state index contributed by atoms with van der Waals surface area (Å²) < 4.78 is 5.05. The van der Waals surface area contributed by atoms with Gasteiger partial charge < -0.3 is 15.4 Å². The van der Waals surface area contributed by atoms with E-state index in [1.165, 1.54) is 5.56 Å². The van der Waals surface area contributed by atoms with Gasteiger partial charge in [0.1, 0.15) is 11.4 Å². The number of anilines is 3. The first kappa shape index (κ1) is 18.9. The van der Waals surface area contributed by atoms with Crippen LogP contribution in [0.15, 0.2) is 33.9 Å². The van der Waals surface area contributed by atoms with Crippen LogP contribution in [0, 0.1) is 0 Å². The molecule has 0 amide bonds. The zero-order chi connectivity index (χ0) is 17.4. The smallest absolute Gasteiger partial charge is 0.253 e. The molecule has 2 aromatic carbocycles. The van der Waals surface area contributed by atoms with Gasteiger partial charge in [0.2, 0.25) is 0 Å². The third-order valence-corrected chi connectivity index (χ3v) is 3.55. The van der Waals surface area contributed by atoms with E-state index >= 15 is 0 Å². The highest BCUT2D eigenvalue weighted by Gasteiger charge is 2.24. The average Bonchev–Trinajstić information content (AvgIpc) is 2.62. The van der Waals surface area contributed by atoms with Gasteiger partial charge >= 0.3 is 0 Å². The fraction of sp³-hybridized carbons (Fsp3) is 0.444. The molecule has 23 heavy (non-hydrogen) atoms. The molecule has 0 aliphatic carbocycles. The minimum atomic E-state index is -0.589. The van der Waals surface area contributed by atoms with Gasteiger partial charge in [-0.15, -0.1) is 0 Å². The Kier molecular flexibility index (Phi) is 7.48. The van der Waals surface area contributed by atoms with Gasteiger partial charge in [0.05, 0.1) is 0 Å². The number of hydrogen-bond donors (Lipinski definition) is 1. The molecular formula is C18H26N2O3. The van der Waals surface area contributed by atoms with Crippen molar-refractivity contribution in [1.29, 1.82) is 0 Å². The van der Waals surface area contributed by atoms with Gasteiger partial charge in [0, 0.05) is 25.9 Å². The molecule has 5 heteroatoms. The number of methoxy groups -OCH3 is 1. The third-order valence-electron chi connectivity index (χ3n) is 3.55. The maximum atomic E-state index is 11.8. The van der Waals surface area contributed by atoms with Crippen molar-refractivity contribution in [2.75, 3.05) is 30.9 Å². The van der Waals surface area contributed by atoms with Gasteiger partial charge in [-0.3, -0.25) is 9.59 Å². The molecule has 0 bridgehead atoms. The van der Waals surface area contributed by atoms with Crippen LogP contribution in [0.4, 0.5) is 17.1 Å². The van der Waals surface area contributed by atoms with Crippen molar-refractivity contribution in [3.8, 4) is 0 Å². The Bertz CT molecular complexity index is 688. The van der Waals surface area contributed by atoms with Gasteiger partial charge in [-0.2, -0.15) is 0 Å². The molecule has 0 fully saturated rings. The second-order valence-electron chi connectivity index (χ2n) is 4.94. The summed E-state index contributed by atoms with van der Waals surface area (Å²) in [7, 11) is 1.63. The van der Waals surface area contributed by atoms with Crippen LogP contribution in [0.3, 0.4) is 0 Å². The first-order valence-electron chi connectivity index (χ1n) is 8.04. The lowest BCUT2D eigenvalue weighted by atomic mass is 10.1. The molecule has 0 aliphatic rings. The number of nitrogens with two attached hydrogens (primary N) is 1. The lowest BCUT2D eigenvalue weighted by Gasteiger charge is -2.27. The van der Waals surface area contributed by atoms with Crippen LogP contribution in [0.25, 0.3) is 0 Å². The molecule has 0 aliphatic heterocycles. The van der Waals surface area contributed by atoms with Crippen LogP contribution in [-0.2, 0) is 11.2 Å². The molecule has 5 nitrogen and oxygen atoms in total. The van der Waals surface area contributed by atoms with E-state index in [9.17, 15) is 9.59 Å². The maximum absolute atomic E-state index is 11.8. The molecule has 2 N–H and O–H groups in total. The second-order valence-corrected chi connectivity index (χ2v) is 4.94. The number of nitrogens with zero attached hydrogens (tertiary/aromatic N) is 1. The Labute approximate surface area is 137 Å². The van der Waals surface area contributed by atoms with Crippen molar-refractivity contribution in [2.24, 2.45) is 0 Å². The minimum Gasteiger partial charge on any atom is -0.394 e. The van der Waals surface area contributed by atoms with Crippen LogP contribution >= 0.6 is 0 Å². The maximum Gasteiger partial charge on any atom is 0.253 e. The summed E-state index contributed by atoms with van der Waals surface area (Å²) in [5, 5.41) is 0. The molecular weight excluding hydrogens is 292 g/mol. The third kappa shape index (κ3) is 4.20. The number of rotatable bonds is 7. The van der Waals surface area contributed by atoms with Crippen molar-refractivity contribution in [3.63, 3.8) is 0 Å². The quantitative estimate of drug-likeness (QED) is 0.627. The van der Waals surface area contributed by atoms with E-state index in [2.05, 4.69) is 6.92 Å². The largest absolute Gasteiger partial charge is 0.394 e. The molecule has 0 saturated heterocycles. The van der Waals surface area contributed by atoms with E-state index in [1.54, 1.807) is 7.11 Å². The molecule has 0 heterocycles. The van der Waals surface area contributed by atoms with Gasteiger partial charge in [-0.05, 0) is 30.5 Å². The first-order valence-corrected chi connectivity index (χ1v) is 8.04. The highest BCUT2D eigenvalue weighted by atomic mass is 16.5. The van der Waals surface area contributed by atoms with E-state index in [1.807, 2.05) is 43.0 Å². The standard InChI is InChI=1S/C16H20N2O3.C2H6/c1-3-11-6-4-7-12(10-11)18(8-5-9-21-2)14-13(17)15(19)16(14)20;1-2/h4,6-7,10H,3,5,8-9,17H2,1-2H3;1-2H3. The highest BCUT2D eigenvalue weighted by molar-refractivity contribution is 5.78. The number of ether oxygens (including phenoxy) is 1. The van der Waals surface area contributed by atoms with Crippen molar-refractivity contribution in [1.82, 2.24) is 0 Å². The monoisotopic (exact) mass is 318 g/mol. The van der Waals surface area contributed by atoms with E-state index in [-0.39, 0.29) is 5.69 Å². The lowest BCUT2D eigenvalue weighted by molar-refractivity contribution is 0.196. The number of hydrogen-bond acceptors (Lipinski definition) is 5. The Hall–Kier alpha value is -2.14. The van der Waals surface area contributed by atoms with E-state index in [4.69, 9.17) is 10.5 Å². The molecule has 0 spiro atoms. The predicted molar refractivity (Wildman–Crippen MR) is 96.4 cm³/mol. The zero-order valence-corrected chi connectivity index (χ0v) is 14.4. The molecule has 0 aromatic heterocycles. The molecule has 126 valence electrons.